The normalized spacial score (nSPS) is 14.8. The van der Waals surface area contributed by atoms with Crippen LogP contribution in [0, 0.1) is 0 Å². The van der Waals surface area contributed by atoms with Crippen molar-refractivity contribution < 1.29 is 23.8 Å². The first-order chi connectivity index (χ1) is 12.5. The molecule has 1 aliphatic heterocycles. The van der Waals surface area contributed by atoms with Crippen LogP contribution in [0.2, 0.25) is 0 Å². The van der Waals surface area contributed by atoms with Crippen LogP contribution in [0.5, 0.6) is 11.5 Å². The van der Waals surface area contributed by atoms with E-state index in [2.05, 4.69) is 5.32 Å². The van der Waals surface area contributed by atoms with Crippen LogP contribution < -0.4 is 20.5 Å². The van der Waals surface area contributed by atoms with Gasteiger partial charge in [-0.1, -0.05) is 0 Å². The van der Waals surface area contributed by atoms with Gasteiger partial charge in [0.1, 0.15) is 0 Å². The molecule has 0 radical (unpaired) electrons. The predicted molar refractivity (Wildman–Crippen MR) is 97.8 cm³/mol. The lowest BCUT2D eigenvalue weighted by Crippen LogP contribution is -2.30. The Morgan fingerprint density at radius 3 is 2.31 bits per heavy atom. The van der Waals surface area contributed by atoms with E-state index < -0.39 is 0 Å². The highest BCUT2D eigenvalue weighted by Gasteiger charge is 2.25. The largest absolute Gasteiger partial charge is 0.493 e. The highest BCUT2D eigenvalue weighted by Crippen LogP contribution is 2.34. The number of rotatable bonds is 8. The molecule has 1 atom stereocenters. The van der Waals surface area contributed by atoms with Crippen LogP contribution in [-0.2, 0) is 9.53 Å². The van der Waals surface area contributed by atoms with Crippen molar-refractivity contribution in [3.63, 3.8) is 0 Å². The summed E-state index contributed by atoms with van der Waals surface area (Å²) >= 11 is 0. The summed E-state index contributed by atoms with van der Waals surface area (Å²) in [6.07, 6.45) is 1.67. The lowest BCUT2D eigenvalue weighted by Gasteiger charge is -2.20. The number of nitrogens with one attached hydrogen (secondary N) is 1. The summed E-state index contributed by atoms with van der Waals surface area (Å²) in [5.41, 5.74) is 6.33. The second-order valence-electron chi connectivity index (χ2n) is 6.10. The van der Waals surface area contributed by atoms with E-state index in [-0.39, 0.29) is 30.9 Å². The fourth-order valence-electron chi connectivity index (χ4n) is 2.92. The first-order valence-corrected chi connectivity index (χ1v) is 8.62. The van der Waals surface area contributed by atoms with Crippen LogP contribution in [0.4, 0.5) is 5.69 Å². The summed E-state index contributed by atoms with van der Waals surface area (Å²) in [4.78, 5) is 27.0. The quantitative estimate of drug-likeness (QED) is 0.718. The lowest BCUT2D eigenvalue weighted by molar-refractivity contribution is -0.118. The SMILES string of the molecule is COc1cc(NC(=O)CC(CN)OC)c(C(=O)N2CCCC2)cc1OC. The monoisotopic (exact) mass is 365 g/mol. The molecule has 2 rings (SSSR count). The van der Waals surface area contributed by atoms with Gasteiger partial charge in [0.15, 0.2) is 11.5 Å². The van der Waals surface area contributed by atoms with E-state index in [1.54, 1.807) is 17.0 Å². The molecule has 8 heteroatoms. The summed E-state index contributed by atoms with van der Waals surface area (Å²) in [5, 5.41) is 2.78. The Labute approximate surface area is 153 Å². The van der Waals surface area contributed by atoms with Crippen LogP contribution in [0.1, 0.15) is 29.6 Å². The molecule has 1 aromatic rings. The molecule has 1 unspecified atom stereocenters. The molecule has 1 saturated heterocycles. The Balaban J connectivity index is 2.31. The van der Waals surface area contributed by atoms with Crippen molar-refractivity contribution in [3.8, 4) is 11.5 Å². The number of ether oxygens (including phenoxy) is 3. The summed E-state index contributed by atoms with van der Waals surface area (Å²) < 4.78 is 15.7. The topological polar surface area (TPSA) is 103 Å². The molecule has 0 aromatic heterocycles. The Morgan fingerprint density at radius 2 is 1.77 bits per heavy atom. The highest BCUT2D eigenvalue weighted by molar-refractivity contribution is 6.04. The first kappa shape index (κ1) is 20.0. The zero-order valence-electron chi connectivity index (χ0n) is 15.5. The molecule has 144 valence electrons. The zero-order chi connectivity index (χ0) is 19.1. The van der Waals surface area contributed by atoms with E-state index in [0.29, 0.717) is 35.8 Å². The maximum Gasteiger partial charge on any atom is 0.256 e. The Hall–Kier alpha value is -2.32. The van der Waals surface area contributed by atoms with Crippen LogP contribution in [0.3, 0.4) is 0 Å². The van der Waals surface area contributed by atoms with Crippen molar-refractivity contribution in [2.24, 2.45) is 5.73 Å². The molecule has 0 saturated carbocycles. The Morgan fingerprint density at radius 1 is 1.15 bits per heavy atom. The number of methoxy groups -OCH3 is 3. The van der Waals surface area contributed by atoms with Gasteiger partial charge in [-0.15, -0.1) is 0 Å². The van der Waals surface area contributed by atoms with Gasteiger partial charge in [0.2, 0.25) is 5.91 Å². The van der Waals surface area contributed by atoms with Gasteiger partial charge in [0.25, 0.3) is 5.91 Å². The van der Waals surface area contributed by atoms with E-state index in [9.17, 15) is 9.59 Å². The van der Waals surface area contributed by atoms with Crippen LogP contribution >= 0.6 is 0 Å². The van der Waals surface area contributed by atoms with Gasteiger partial charge in [0.05, 0.1) is 38.0 Å². The van der Waals surface area contributed by atoms with E-state index in [4.69, 9.17) is 19.9 Å². The average Bonchev–Trinajstić information content (AvgIpc) is 3.19. The molecule has 0 spiro atoms. The number of anilines is 1. The molecule has 1 aromatic carbocycles. The van der Waals surface area contributed by atoms with Gasteiger partial charge >= 0.3 is 0 Å². The van der Waals surface area contributed by atoms with Crippen molar-refractivity contribution >= 4 is 17.5 Å². The van der Waals surface area contributed by atoms with Crippen molar-refractivity contribution in [2.45, 2.75) is 25.4 Å². The van der Waals surface area contributed by atoms with Gasteiger partial charge in [-0.05, 0) is 18.9 Å². The fourth-order valence-corrected chi connectivity index (χ4v) is 2.92. The summed E-state index contributed by atoms with van der Waals surface area (Å²) in [6.45, 7) is 1.65. The van der Waals surface area contributed by atoms with E-state index in [0.717, 1.165) is 12.8 Å². The van der Waals surface area contributed by atoms with Gasteiger partial charge in [-0.3, -0.25) is 9.59 Å². The van der Waals surface area contributed by atoms with Crippen LogP contribution in [0.15, 0.2) is 12.1 Å². The molecule has 1 heterocycles. The van der Waals surface area contributed by atoms with Crippen molar-refractivity contribution in [1.29, 1.82) is 0 Å². The molecule has 2 amide bonds. The molecule has 1 fully saturated rings. The van der Waals surface area contributed by atoms with Gasteiger partial charge in [-0.2, -0.15) is 0 Å². The fraction of sp³-hybridized carbons (Fsp3) is 0.556. The molecule has 26 heavy (non-hydrogen) atoms. The number of carbonyl (C=O) groups excluding carboxylic acids is 2. The van der Waals surface area contributed by atoms with Crippen molar-refractivity contribution in [2.75, 3.05) is 46.3 Å². The number of nitrogens with two attached hydrogens (primary N) is 1. The number of carbonyl (C=O) groups is 2. The second kappa shape index (κ2) is 9.40. The third-order valence-electron chi connectivity index (χ3n) is 4.43. The minimum absolute atomic E-state index is 0.0959. The van der Waals surface area contributed by atoms with Crippen molar-refractivity contribution in [1.82, 2.24) is 4.90 Å². The van der Waals surface area contributed by atoms with E-state index in [1.807, 2.05) is 0 Å². The smallest absolute Gasteiger partial charge is 0.256 e. The average molecular weight is 365 g/mol. The molecule has 0 aliphatic carbocycles. The maximum atomic E-state index is 12.9. The minimum Gasteiger partial charge on any atom is -0.493 e. The minimum atomic E-state index is -0.382. The molecular weight excluding hydrogens is 338 g/mol. The third-order valence-corrected chi connectivity index (χ3v) is 4.43. The number of hydrogen-bond acceptors (Lipinski definition) is 6. The summed E-state index contributed by atoms with van der Waals surface area (Å²) in [6, 6.07) is 3.20. The summed E-state index contributed by atoms with van der Waals surface area (Å²) in [5.74, 6) is 0.443. The maximum absolute atomic E-state index is 12.9. The zero-order valence-corrected chi connectivity index (χ0v) is 15.5. The lowest BCUT2D eigenvalue weighted by atomic mass is 10.1. The van der Waals surface area contributed by atoms with Crippen molar-refractivity contribution in [3.05, 3.63) is 17.7 Å². The number of hydrogen-bond donors (Lipinski definition) is 2. The Kier molecular flexibility index (Phi) is 7.23. The predicted octanol–water partition coefficient (Wildman–Crippen LogP) is 1.24. The van der Waals surface area contributed by atoms with Gasteiger partial charge in [0, 0.05) is 32.8 Å². The number of amides is 2. The van der Waals surface area contributed by atoms with Gasteiger partial charge in [-0.25, -0.2) is 0 Å². The molecule has 8 nitrogen and oxygen atoms in total. The highest BCUT2D eigenvalue weighted by atomic mass is 16.5. The Bertz CT molecular complexity index is 640. The molecule has 0 bridgehead atoms. The number of benzene rings is 1. The molecule has 3 N–H and O–H groups in total. The van der Waals surface area contributed by atoms with Crippen LogP contribution in [0.25, 0.3) is 0 Å². The number of nitrogens with zero attached hydrogens (tertiary/aromatic N) is 1. The summed E-state index contributed by atoms with van der Waals surface area (Å²) in [7, 11) is 4.51. The van der Waals surface area contributed by atoms with E-state index >= 15 is 0 Å². The number of likely N-dealkylation sites (tertiary alicyclic amines) is 1. The molecule has 1 aliphatic rings. The van der Waals surface area contributed by atoms with E-state index in [1.165, 1.54) is 21.3 Å². The second-order valence-corrected chi connectivity index (χ2v) is 6.10. The third kappa shape index (κ3) is 4.64. The standard InChI is InChI=1S/C18H27N3O5/c1-24-12(11-19)8-17(22)20-14-10-16(26-3)15(25-2)9-13(14)18(23)21-6-4-5-7-21/h9-10,12H,4-8,11,19H2,1-3H3,(H,20,22). The van der Waals surface area contributed by atoms with Gasteiger partial charge < -0.3 is 30.2 Å². The first-order valence-electron chi connectivity index (χ1n) is 8.62. The molecular formula is C18H27N3O5. The van der Waals surface area contributed by atoms with Crippen LogP contribution in [-0.4, -0.2) is 63.8 Å².